The van der Waals surface area contributed by atoms with Crippen LogP contribution in [0.3, 0.4) is 0 Å². The molecule has 1 aliphatic heterocycles. The van der Waals surface area contributed by atoms with Crippen molar-refractivity contribution in [1.29, 1.82) is 0 Å². The van der Waals surface area contributed by atoms with E-state index in [4.69, 9.17) is 17.3 Å². The van der Waals surface area contributed by atoms with E-state index in [0.29, 0.717) is 10.9 Å². The molecule has 0 spiro atoms. The highest BCUT2D eigenvalue weighted by atomic mass is 35.5. The lowest BCUT2D eigenvalue weighted by Crippen LogP contribution is -2.18. The van der Waals surface area contributed by atoms with Gasteiger partial charge in [-0.25, -0.2) is 0 Å². The van der Waals surface area contributed by atoms with E-state index < -0.39 is 0 Å². The molecule has 0 amide bonds. The first kappa shape index (κ1) is 11.6. The highest BCUT2D eigenvalue weighted by Crippen LogP contribution is 2.34. The summed E-state index contributed by atoms with van der Waals surface area (Å²) in [6.07, 6.45) is 2.55. The smallest absolute Gasteiger partial charge is 0.0658 e. The van der Waals surface area contributed by atoms with Gasteiger partial charge < -0.3 is 10.6 Å². The summed E-state index contributed by atoms with van der Waals surface area (Å²) >= 11 is 6.19. The average molecular weight is 239 g/mol. The molecule has 2 rings (SSSR count). The van der Waals surface area contributed by atoms with Gasteiger partial charge in [-0.1, -0.05) is 25.4 Å². The van der Waals surface area contributed by atoms with Crippen molar-refractivity contribution in [3.05, 3.63) is 22.7 Å². The Bertz CT molecular complexity index is 382. The maximum atomic E-state index is 6.19. The predicted molar refractivity (Wildman–Crippen MR) is 71.4 cm³/mol. The van der Waals surface area contributed by atoms with Gasteiger partial charge in [-0.3, -0.25) is 0 Å². The third-order valence-electron chi connectivity index (χ3n) is 3.24. The monoisotopic (exact) mass is 238 g/mol. The number of benzene rings is 1. The number of nitrogens with two attached hydrogens (primary N) is 1. The summed E-state index contributed by atoms with van der Waals surface area (Å²) in [7, 11) is 0. The predicted octanol–water partition coefficient (Wildman–Crippen LogP) is 3.65. The zero-order valence-corrected chi connectivity index (χ0v) is 10.7. The van der Waals surface area contributed by atoms with Crippen LogP contribution in [0, 0.1) is 0 Å². The van der Waals surface area contributed by atoms with Crippen molar-refractivity contribution in [2.24, 2.45) is 0 Å². The Morgan fingerprint density at radius 1 is 1.25 bits per heavy atom. The number of nitrogens with zero attached hydrogens (tertiary/aromatic N) is 1. The molecule has 2 N–H and O–H groups in total. The molecule has 0 aliphatic carbocycles. The molecule has 1 heterocycles. The summed E-state index contributed by atoms with van der Waals surface area (Å²) in [5, 5.41) is 0.688. The zero-order chi connectivity index (χ0) is 11.7. The van der Waals surface area contributed by atoms with Gasteiger partial charge in [0.1, 0.15) is 0 Å². The first-order chi connectivity index (χ1) is 7.59. The third kappa shape index (κ3) is 2.12. The normalized spacial score (nSPS) is 16.1. The van der Waals surface area contributed by atoms with Crippen LogP contribution in [0.5, 0.6) is 0 Å². The van der Waals surface area contributed by atoms with E-state index in [1.54, 1.807) is 0 Å². The van der Waals surface area contributed by atoms with Crippen molar-refractivity contribution < 1.29 is 0 Å². The maximum absolute atomic E-state index is 6.19. The van der Waals surface area contributed by atoms with Gasteiger partial charge in [-0.2, -0.15) is 0 Å². The maximum Gasteiger partial charge on any atom is 0.0658 e. The van der Waals surface area contributed by atoms with Gasteiger partial charge >= 0.3 is 0 Å². The molecule has 1 aromatic carbocycles. The summed E-state index contributed by atoms with van der Waals surface area (Å²) < 4.78 is 0. The van der Waals surface area contributed by atoms with Crippen molar-refractivity contribution in [2.45, 2.75) is 32.6 Å². The molecular weight excluding hydrogens is 220 g/mol. The van der Waals surface area contributed by atoms with Crippen LogP contribution in [-0.2, 0) is 0 Å². The molecule has 0 aromatic heterocycles. The van der Waals surface area contributed by atoms with Gasteiger partial charge in [0.2, 0.25) is 0 Å². The zero-order valence-electron chi connectivity index (χ0n) is 9.96. The van der Waals surface area contributed by atoms with Crippen LogP contribution in [0.15, 0.2) is 12.1 Å². The second-order valence-electron chi connectivity index (χ2n) is 4.78. The second kappa shape index (κ2) is 4.54. The molecule has 16 heavy (non-hydrogen) atoms. The first-order valence-electron chi connectivity index (χ1n) is 5.93. The SMILES string of the molecule is CC(C)c1cc(N2CCCC2)cc(Cl)c1N. The lowest BCUT2D eigenvalue weighted by molar-refractivity contribution is 0.865. The second-order valence-corrected chi connectivity index (χ2v) is 5.19. The molecule has 1 aromatic rings. The molecule has 0 radical (unpaired) electrons. The van der Waals surface area contributed by atoms with E-state index in [-0.39, 0.29) is 0 Å². The number of halogens is 1. The van der Waals surface area contributed by atoms with Gasteiger partial charge in [0, 0.05) is 18.8 Å². The van der Waals surface area contributed by atoms with Crippen LogP contribution >= 0.6 is 11.6 Å². The molecule has 1 fully saturated rings. The molecule has 0 atom stereocenters. The van der Waals surface area contributed by atoms with Gasteiger partial charge in [0.05, 0.1) is 10.7 Å². The Morgan fingerprint density at radius 2 is 1.88 bits per heavy atom. The summed E-state index contributed by atoms with van der Waals surface area (Å²) in [6, 6.07) is 4.19. The summed E-state index contributed by atoms with van der Waals surface area (Å²) in [5.74, 6) is 0.417. The lowest BCUT2D eigenvalue weighted by atomic mass is 10.0. The number of anilines is 2. The number of nitrogen functional groups attached to an aromatic ring is 1. The van der Waals surface area contributed by atoms with E-state index in [1.807, 2.05) is 6.07 Å². The van der Waals surface area contributed by atoms with Gasteiger partial charge in [0.15, 0.2) is 0 Å². The van der Waals surface area contributed by atoms with Crippen LogP contribution < -0.4 is 10.6 Å². The Morgan fingerprint density at radius 3 is 2.44 bits per heavy atom. The van der Waals surface area contributed by atoms with Crippen LogP contribution in [0.25, 0.3) is 0 Å². The minimum Gasteiger partial charge on any atom is -0.397 e. The fourth-order valence-electron chi connectivity index (χ4n) is 2.26. The van der Waals surface area contributed by atoms with Crippen molar-refractivity contribution >= 4 is 23.0 Å². The minimum absolute atomic E-state index is 0.417. The fraction of sp³-hybridized carbons (Fsp3) is 0.538. The van der Waals surface area contributed by atoms with E-state index in [9.17, 15) is 0 Å². The molecule has 3 heteroatoms. The van der Waals surface area contributed by atoms with Gasteiger partial charge in [0.25, 0.3) is 0 Å². The average Bonchev–Trinajstić information content (AvgIpc) is 2.74. The van der Waals surface area contributed by atoms with Gasteiger partial charge in [-0.15, -0.1) is 0 Å². The molecule has 0 saturated carbocycles. The van der Waals surface area contributed by atoms with Crippen LogP contribution in [0.4, 0.5) is 11.4 Å². The first-order valence-corrected chi connectivity index (χ1v) is 6.31. The van der Waals surface area contributed by atoms with Crippen LogP contribution in [-0.4, -0.2) is 13.1 Å². The van der Waals surface area contributed by atoms with E-state index in [1.165, 1.54) is 18.5 Å². The highest BCUT2D eigenvalue weighted by Gasteiger charge is 2.16. The van der Waals surface area contributed by atoms with Crippen molar-refractivity contribution in [3.63, 3.8) is 0 Å². The molecule has 0 bridgehead atoms. The summed E-state index contributed by atoms with van der Waals surface area (Å²) in [5.41, 5.74) is 9.12. The van der Waals surface area contributed by atoms with Crippen molar-refractivity contribution in [2.75, 3.05) is 23.7 Å². The highest BCUT2D eigenvalue weighted by molar-refractivity contribution is 6.33. The summed E-state index contributed by atoms with van der Waals surface area (Å²) in [4.78, 5) is 2.39. The third-order valence-corrected chi connectivity index (χ3v) is 3.55. The van der Waals surface area contributed by atoms with Gasteiger partial charge in [-0.05, 0) is 36.5 Å². The quantitative estimate of drug-likeness (QED) is 0.797. The van der Waals surface area contributed by atoms with E-state index in [0.717, 1.165) is 24.3 Å². The van der Waals surface area contributed by atoms with Crippen molar-refractivity contribution in [3.8, 4) is 0 Å². The molecular formula is C13H19ClN2. The number of hydrogen-bond donors (Lipinski definition) is 1. The Kier molecular flexibility index (Phi) is 3.29. The topological polar surface area (TPSA) is 29.3 Å². The Hall–Kier alpha value is -0.890. The molecule has 1 aliphatic rings. The molecule has 2 nitrogen and oxygen atoms in total. The fourth-order valence-corrected chi connectivity index (χ4v) is 2.48. The van der Waals surface area contributed by atoms with Crippen molar-refractivity contribution in [1.82, 2.24) is 0 Å². The minimum atomic E-state index is 0.417. The number of rotatable bonds is 2. The summed E-state index contributed by atoms with van der Waals surface area (Å²) in [6.45, 7) is 6.57. The Balaban J connectivity index is 2.39. The lowest BCUT2D eigenvalue weighted by Gasteiger charge is -2.21. The standard InChI is InChI=1S/C13H19ClN2/c1-9(2)11-7-10(8-12(14)13(11)15)16-5-3-4-6-16/h7-9H,3-6,15H2,1-2H3. The number of hydrogen-bond acceptors (Lipinski definition) is 2. The largest absolute Gasteiger partial charge is 0.397 e. The van der Waals surface area contributed by atoms with Crippen LogP contribution in [0.2, 0.25) is 5.02 Å². The van der Waals surface area contributed by atoms with Crippen LogP contribution in [0.1, 0.15) is 38.2 Å². The Labute approximate surface area is 102 Å². The van der Waals surface area contributed by atoms with E-state index >= 15 is 0 Å². The molecule has 88 valence electrons. The molecule has 0 unspecified atom stereocenters. The molecule has 1 saturated heterocycles. The van der Waals surface area contributed by atoms with E-state index in [2.05, 4.69) is 24.8 Å².